The molecule has 0 atom stereocenters. The van der Waals surface area contributed by atoms with Crippen molar-refractivity contribution in [2.75, 3.05) is 64.0 Å². The van der Waals surface area contributed by atoms with Gasteiger partial charge >= 0.3 is 0 Å². The molecule has 154 valence electrons. The van der Waals surface area contributed by atoms with Gasteiger partial charge in [-0.2, -0.15) is 0 Å². The van der Waals surface area contributed by atoms with Gasteiger partial charge < -0.3 is 19.6 Å². The number of anilines is 1. The lowest BCUT2D eigenvalue weighted by Crippen LogP contribution is -2.50. The summed E-state index contributed by atoms with van der Waals surface area (Å²) in [4.78, 5) is 24.1. The lowest BCUT2D eigenvalue weighted by molar-refractivity contribution is 0.00158. The van der Waals surface area contributed by atoms with Gasteiger partial charge in [0.25, 0.3) is 5.91 Å². The number of hydrogen-bond donors (Lipinski definition) is 1. The molecule has 0 aromatic carbocycles. The Hall–Kier alpha value is -1.70. The molecular weight excluding hydrogens is 356 g/mol. The highest BCUT2D eigenvalue weighted by molar-refractivity contribution is 5.94. The number of piperidine rings is 2. The fraction of sp³-hybridized carbons (Fsp3) is 0.714. The van der Waals surface area contributed by atoms with Gasteiger partial charge in [-0.3, -0.25) is 9.69 Å². The zero-order chi connectivity index (χ0) is 19.3. The van der Waals surface area contributed by atoms with Gasteiger partial charge in [0.1, 0.15) is 5.82 Å². The van der Waals surface area contributed by atoms with Gasteiger partial charge in [0, 0.05) is 58.1 Å². The second kappa shape index (κ2) is 9.20. The Morgan fingerprint density at radius 1 is 1.04 bits per heavy atom. The van der Waals surface area contributed by atoms with Crippen LogP contribution >= 0.6 is 0 Å². The van der Waals surface area contributed by atoms with Crippen LogP contribution in [-0.4, -0.2) is 90.9 Å². The lowest BCUT2D eigenvalue weighted by atomic mass is 9.98. The summed E-state index contributed by atoms with van der Waals surface area (Å²) in [6, 6.07) is 4.46. The number of carbonyl (C=O) groups excluding carboxylic acids is 1. The van der Waals surface area contributed by atoms with E-state index in [4.69, 9.17) is 4.74 Å². The molecule has 3 fully saturated rings. The van der Waals surface area contributed by atoms with Crippen LogP contribution in [0.5, 0.6) is 0 Å². The summed E-state index contributed by atoms with van der Waals surface area (Å²) < 4.78 is 5.44. The summed E-state index contributed by atoms with van der Waals surface area (Å²) >= 11 is 0. The van der Waals surface area contributed by atoms with Crippen molar-refractivity contribution in [1.29, 1.82) is 0 Å². The van der Waals surface area contributed by atoms with Crippen molar-refractivity contribution in [1.82, 2.24) is 14.8 Å². The number of nitrogens with zero attached hydrogens (tertiary/aromatic N) is 4. The van der Waals surface area contributed by atoms with Crippen molar-refractivity contribution >= 4 is 11.7 Å². The smallest absolute Gasteiger partial charge is 0.255 e. The van der Waals surface area contributed by atoms with Crippen LogP contribution in [0.15, 0.2) is 18.3 Å². The lowest BCUT2D eigenvalue weighted by Gasteiger charge is -2.40. The molecule has 0 spiro atoms. The normalized spacial score (nSPS) is 23.2. The predicted octanol–water partition coefficient (Wildman–Crippen LogP) is 1.23. The summed E-state index contributed by atoms with van der Waals surface area (Å²) in [6.07, 6.45) is 5.80. The van der Waals surface area contributed by atoms with Crippen molar-refractivity contribution in [2.45, 2.75) is 31.7 Å². The number of hydrogen-bond acceptors (Lipinski definition) is 6. The first kappa shape index (κ1) is 19.6. The largest absolute Gasteiger partial charge is 0.396 e. The van der Waals surface area contributed by atoms with Gasteiger partial charge in [0.15, 0.2) is 0 Å². The number of carbonyl (C=O) groups is 1. The average Bonchev–Trinajstić information content (AvgIpc) is 2.79. The predicted molar refractivity (Wildman–Crippen MR) is 108 cm³/mol. The molecular formula is C21H32N4O3. The number of ether oxygens (including phenoxy) is 1. The van der Waals surface area contributed by atoms with Gasteiger partial charge in [-0.25, -0.2) is 4.98 Å². The number of pyridine rings is 1. The molecule has 7 heteroatoms. The molecule has 0 radical (unpaired) electrons. The maximum Gasteiger partial charge on any atom is 0.255 e. The Kier molecular flexibility index (Phi) is 6.44. The minimum Gasteiger partial charge on any atom is -0.396 e. The van der Waals surface area contributed by atoms with Gasteiger partial charge in [-0.05, 0) is 43.7 Å². The number of amides is 1. The van der Waals surface area contributed by atoms with Gasteiger partial charge in [-0.15, -0.1) is 0 Å². The van der Waals surface area contributed by atoms with Crippen molar-refractivity contribution in [2.24, 2.45) is 5.92 Å². The molecule has 1 aromatic rings. The molecule has 4 rings (SSSR count). The number of morpholine rings is 1. The van der Waals surface area contributed by atoms with E-state index < -0.39 is 0 Å². The van der Waals surface area contributed by atoms with Crippen LogP contribution in [0.1, 0.15) is 36.0 Å². The van der Waals surface area contributed by atoms with E-state index in [1.807, 2.05) is 17.0 Å². The van der Waals surface area contributed by atoms with E-state index in [1.54, 1.807) is 6.20 Å². The zero-order valence-electron chi connectivity index (χ0n) is 16.6. The average molecular weight is 389 g/mol. The molecule has 0 bridgehead atoms. The first-order valence-electron chi connectivity index (χ1n) is 10.7. The van der Waals surface area contributed by atoms with E-state index in [0.29, 0.717) is 17.5 Å². The molecule has 0 unspecified atom stereocenters. The molecule has 3 aliphatic rings. The summed E-state index contributed by atoms with van der Waals surface area (Å²) in [5.41, 5.74) is 0.679. The number of rotatable bonds is 4. The molecule has 3 aliphatic heterocycles. The van der Waals surface area contributed by atoms with Crippen molar-refractivity contribution < 1.29 is 14.6 Å². The van der Waals surface area contributed by atoms with Gasteiger partial charge in [0.05, 0.1) is 18.8 Å². The highest BCUT2D eigenvalue weighted by Gasteiger charge is 2.28. The Labute approximate surface area is 167 Å². The van der Waals surface area contributed by atoms with Gasteiger partial charge in [-0.1, -0.05) is 0 Å². The second-order valence-electron chi connectivity index (χ2n) is 8.19. The Morgan fingerprint density at radius 2 is 1.75 bits per heavy atom. The van der Waals surface area contributed by atoms with Crippen molar-refractivity contribution in [3.8, 4) is 0 Å². The van der Waals surface area contributed by atoms with E-state index in [1.165, 1.54) is 0 Å². The highest BCUT2D eigenvalue weighted by Crippen LogP contribution is 2.23. The number of aromatic nitrogens is 1. The summed E-state index contributed by atoms with van der Waals surface area (Å²) in [5.74, 6) is 1.44. The highest BCUT2D eigenvalue weighted by atomic mass is 16.5. The molecule has 1 N–H and O–H groups in total. The van der Waals surface area contributed by atoms with Crippen LogP contribution < -0.4 is 4.90 Å². The molecule has 1 amide bonds. The SMILES string of the molecule is O=C(c1ccc(N2CCC(CO)CC2)nc1)N1CCC(N2CCOCC2)CC1. The van der Waals surface area contributed by atoms with E-state index in [2.05, 4.69) is 14.8 Å². The third-order valence-corrected chi connectivity index (χ3v) is 6.51. The monoisotopic (exact) mass is 388 g/mol. The fourth-order valence-electron chi connectivity index (χ4n) is 4.60. The topological polar surface area (TPSA) is 69.1 Å². The molecule has 1 aromatic heterocycles. The van der Waals surface area contributed by atoms with Crippen LogP contribution in [0.25, 0.3) is 0 Å². The molecule has 3 saturated heterocycles. The molecule has 28 heavy (non-hydrogen) atoms. The first-order valence-corrected chi connectivity index (χ1v) is 10.7. The maximum atomic E-state index is 12.9. The number of likely N-dealkylation sites (tertiary alicyclic amines) is 1. The van der Waals surface area contributed by atoms with Gasteiger partial charge in [0.2, 0.25) is 0 Å². The molecule has 7 nitrogen and oxygen atoms in total. The zero-order valence-corrected chi connectivity index (χ0v) is 16.6. The molecule has 4 heterocycles. The van der Waals surface area contributed by atoms with E-state index in [0.717, 1.165) is 84.0 Å². The van der Waals surface area contributed by atoms with Crippen molar-refractivity contribution in [3.05, 3.63) is 23.9 Å². The van der Waals surface area contributed by atoms with Crippen molar-refractivity contribution in [3.63, 3.8) is 0 Å². The van der Waals surface area contributed by atoms with Crippen LogP contribution in [0.3, 0.4) is 0 Å². The first-order chi connectivity index (χ1) is 13.7. The quantitative estimate of drug-likeness (QED) is 0.837. The van der Waals surface area contributed by atoms with Crippen LogP contribution in [-0.2, 0) is 4.74 Å². The van der Waals surface area contributed by atoms with Crippen LogP contribution in [0, 0.1) is 5.92 Å². The standard InChI is InChI=1S/C21H32N4O3/c26-16-17-3-7-24(8-4-17)20-2-1-18(15-22-20)21(27)25-9-5-19(6-10-25)23-11-13-28-14-12-23/h1-2,15,17,19,26H,3-14,16H2. The van der Waals surface area contributed by atoms with E-state index >= 15 is 0 Å². The van der Waals surface area contributed by atoms with Crippen LogP contribution in [0.4, 0.5) is 5.82 Å². The maximum absolute atomic E-state index is 12.9. The number of aliphatic hydroxyl groups excluding tert-OH is 1. The van der Waals surface area contributed by atoms with E-state index in [-0.39, 0.29) is 12.5 Å². The summed E-state index contributed by atoms with van der Waals surface area (Å²) in [7, 11) is 0. The molecule has 0 aliphatic carbocycles. The van der Waals surface area contributed by atoms with E-state index in [9.17, 15) is 9.90 Å². The summed E-state index contributed by atoms with van der Waals surface area (Å²) in [6.45, 7) is 7.43. The summed E-state index contributed by atoms with van der Waals surface area (Å²) in [5, 5.41) is 9.28. The minimum absolute atomic E-state index is 0.0958. The number of aliphatic hydroxyl groups is 1. The van der Waals surface area contributed by atoms with Crippen LogP contribution in [0.2, 0.25) is 0 Å². The third kappa shape index (κ3) is 4.47. The third-order valence-electron chi connectivity index (χ3n) is 6.51. The molecule has 0 saturated carbocycles. The minimum atomic E-state index is 0.0958. The fourth-order valence-corrected chi connectivity index (χ4v) is 4.60. The Balaban J connectivity index is 1.29. The second-order valence-corrected chi connectivity index (χ2v) is 8.19. The Morgan fingerprint density at radius 3 is 2.36 bits per heavy atom. The Bertz CT molecular complexity index is 632.